The maximum absolute atomic E-state index is 13.1. The van der Waals surface area contributed by atoms with Crippen LogP contribution in [0.1, 0.15) is 5.56 Å². The van der Waals surface area contributed by atoms with E-state index in [4.69, 9.17) is 4.74 Å². The SMILES string of the molecule is COc1ccc(C)cc1NC(=O)Cn1c(=O)n(-c2ccccc2)c2ncccc21. The zero-order valence-electron chi connectivity index (χ0n) is 16.1. The first-order chi connectivity index (χ1) is 14.1. The number of aryl methyl sites for hydroxylation is 1. The van der Waals surface area contributed by atoms with Gasteiger partial charge in [0.1, 0.15) is 12.3 Å². The van der Waals surface area contributed by atoms with Crippen LogP contribution >= 0.6 is 0 Å². The molecule has 0 atom stereocenters. The number of nitrogens with one attached hydrogen (secondary N) is 1. The molecule has 0 aliphatic carbocycles. The van der Waals surface area contributed by atoms with Gasteiger partial charge in [-0.15, -0.1) is 0 Å². The summed E-state index contributed by atoms with van der Waals surface area (Å²) < 4.78 is 8.24. The number of carbonyl (C=O) groups excluding carboxylic acids is 1. The van der Waals surface area contributed by atoms with Crippen molar-refractivity contribution in [3.8, 4) is 11.4 Å². The minimum absolute atomic E-state index is 0.141. The van der Waals surface area contributed by atoms with E-state index in [9.17, 15) is 9.59 Å². The number of para-hydroxylation sites is 1. The Bertz CT molecular complexity index is 1240. The Kier molecular flexibility index (Phi) is 4.87. The van der Waals surface area contributed by atoms with E-state index >= 15 is 0 Å². The third kappa shape index (κ3) is 3.50. The predicted octanol–water partition coefficient (Wildman–Crippen LogP) is 3.14. The predicted molar refractivity (Wildman–Crippen MR) is 112 cm³/mol. The first-order valence-corrected chi connectivity index (χ1v) is 9.14. The van der Waals surface area contributed by atoms with Gasteiger partial charge >= 0.3 is 5.69 Å². The minimum Gasteiger partial charge on any atom is -0.495 e. The van der Waals surface area contributed by atoms with Crippen LogP contribution in [0, 0.1) is 6.92 Å². The van der Waals surface area contributed by atoms with Gasteiger partial charge in [0.15, 0.2) is 5.65 Å². The number of carbonyl (C=O) groups is 1. The average Bonchev–Trinajstić information content (AvgIpc) is 3.00. The molecule has 0 spiro atoms. The quantitative estimate of drug-likeness (QED) is 0.570. The fourth-order valence-corrected chi connectivity index (χ4v) is 3.30. The first-order valence-electron chi connectivity index (χ1n) is 9.14. The van der Waals surface area contributed by atoms with Gasteiger partial charge in [0.2, 0.25) is 5.91 Å². The first kappa shape index (κ1) is 18.5. The number of anilines is 1. The molecule has 1 amide bonds. The van der Waals surface area contributed by atoms with Crippen LogP contribution in [0.25, 0.3) is 16.9 Å². The molecule has 0 bridgehead atoms. The van der Waals surface area contributed by atoms with Crippen LogP contribution in [0.5, 0.6) is 5.75 Å². The van der Waals surface area contributed by atoms with Crippen molar-refractivity contribution in [1.29, 1.82) is 0 Å². The number of aromatic nitrogens is 3. The molecule has 2 aromatic heterocycles. The number of benzene rings is 2. The third-order valence-corrected chi connectivity index (χ3v) is 4.64. The van der Waals surface area contributed by atoms with Crippen molar-refractivity contribution in [3.63, 3.8) is 0 Å². The molecule has 1 N–H and O–H groups in total. The summed E-state index contributed by atoms with van der Waals surface area (Å²) in [6.45, 7) is 1.79. The van der Waals surface area contributed by atoms with Crippen LogP contribution in [0.3, 0.4) is 0 Å². The van der Waals surface area contributed by atoms with Crippen LogP contribution < -0.4 is 15.7 Å². The Morgan fingerprint density at radius 2 is 1.90 bits per heavy atom. The zero-order chi connectivity index (χ0) is 20.4. The molecule has 7 nitrogen and oxygen atoms in total. The fraction of sp³-hybridized carbons (Fsp3) is 0.136. The molecule has 29 heavy (non-hydrogen) atoms. The van der Waals surface area contributed by atoms with Crippen molar-refractivity contribution in [1.82, 2.24) is 14.1 Å². The van der Waals surface area contributed by atoms with E-state index in [1.807, 2.05) is 49.4 Å². The molecule has 0 unspecified atom stereocenters. The molecule has 0 saturated carbocycles. The molecular weight excluding hydrogens is 368 g/mol. The molecule has 0 saturated heterocycles. The Labute approximate surface area is 167 Å². The van der Waals surface area contributed by atoms with Crippen molar-refractivity contribution in [2.45, 2.75) is 13.5 Å². The van der Waals surface area contributed by atoms with Gasteiger partial charge in [0.25, 0.3) is 0 Å². The van der Waals surface area contributed by atoms with E-state index in [2.05, 4.69) is 10.3 Å². The Balaban J connectivity index is 1.72. The van der Waals surface area contributed by atoms with Gasteiger partial charge in [-0.25, -0.2) is 14.3 Å². The lowest BCUT2D eigenvalue weighted by atomic mass is 10.2. The second kappa shape index (κ2) is 7.63. The molecule has 2 aromatic carbocycles. The molecule has 7 heteroatoms. The molecule has 146 valence electrons. The lowest BCUT2D eigenvalue weighted by molar-refractivity contribution is -0.116. The summed E-state index contributed by atoms with van der Waals surface area (Å²) in [7, 11) is 1.55. The maximum atomic E-state index is 13.1. The number of pyridine rings is 1. The van der Waals surface area contributed by atoms with Crippen LogP contribution in [0.4, 0.5) is 5.69 Å². The van der Waals surface area contributed by atoms with Gasteiger partial charge < -0.3 is 10.1 Å². The van der Waals surface area contributed by atoms with E-state index in [1.54, 1.807) is 31.5 Å². The number of methoxy groups -OCH3 is 1. The highest BCUT2D eigenvalue weighted by Crippen LogP contribution is 2.25. The maximum Gasteiger partial charge on any atom is 0.335 e. The van der Waals surface area contributed by atoms with Crippen LogP contribution in [0.2, 0.25) is 0 Å². The molecule has 4 rings (SSSR count). The summed E-state index contributed by atoms with van der Waals surface area (Å²) in [5.74, 6) is 0.233. The zero-order valence-corrected chi connectivity index (χ0v) is 16.1. The Morgan fingerprint density at radius 3 is 2.66 bits per heavy atom. The van der Waals surface area contributed by atoms with Gasteiger partial charge in [-0.3, -0.25) is 9.36 Å². The molecular formula is C22H20N4O3. The lowest BCUT2D eigenvalue weighted by Gasteiger charge is -2.11. The van der Waals surface area contributed by atoms with E-state index < -0.39 is 0 Å². The van der Waals surface area contributed by atoms with E-state index in [0.717, 1.165) is 5.56 Å². The number of amides is 1. The number of rotatable bonds is 5. The highest BCUT2D eigenvalue weighted by Gasteiger charge is 2.18. The second-order valence-electron chi connectivity index (χ2n) is 6.64. The average molecular weight is 388 g/mol. The van der Waals surface area contributed by atoms with E-state index in [-0.39, 0.29) is 18.1 Å². The van der Waals surface area contributed by atoms with Crippen LogP contribution in [-0.4, -0.2) is 27.1 Å². The molecule has 2 heterocycles. The van der Waals surface area contributed by atoms with Gasteiger partial charge in [-0.2, -0.15) is 0 Å². The topological polar surface area (TPSA) is 78.1 Å². The Hall–Kier alpha value is -3.87. The number of hydrogen-bond donors (Lipinski definition) is 1. The summed E-state index contributed by atoms with van der Waals surface area (Å²) in [4.78, 5) is 30.2. The van der Waals surface area contributed by atoms with Crippen molar-refractivity contribution in [2.75, 3.05) is 12.4 Å². The van der Waals surface area contributed by atoms with Crippen molar-refractivity contribution < 1.29 is 9.53 Å². The molecule has 0 aliphatic rings. The summed E-state index contributed by atoms with van der Waals surface area (Å²) >= 11 is 0. The molecule has 4 aromatic rings. The molecule has 0 aliphatic heterocycles. The largest absolute Gasteiger partial charge is 0.495 e. The summed E-state index contributed by atoms with van der Waals surface area (Å²) in [6, 6.07) is 18.3. The van der Waals surface area contributed by atoms with Gasteiger partial charge in [-0.05, 0) is 48.9 Å². The number of nitrogens with zero attached hydrogens (tertiary/aromatic N) is 3. The monoisotopic (exact) mass is 388 g/mol. The fourth-order valence-electron chi connectivity index (χ4n) is 3.30. The molecule has 0 radical (unpaired) electrons. The lowest BCUT2D eigenvalue weighted by Crippen LogP contribution is -2.29. The number of ether oxygens (including phenoxy) is 1. The third-order valence-electron chi connectivity index (χ3n) is 4.64. The molecule has 0 fully saturated rings. The van der Waals surface area contributed by atoms with Crippen LogP contribution in [0.15, 0.2) is 71.7 Å². The number of hydrogen-bond acceptors (Lipinski definition) is 4. The van der Waals surface area contributed by atoms with Crippen molar-refractivity contribution >= 4 is 22.8 Å². The number of imidazole rings is 1. The van der Waals surface area contributed by atoms with E-state index in [0.29, 0.717) is 28.3 Å². The second-order valence-corrected chi connectivity index (χ2v) is 6.64. The standard InChI is InChI=1S/C22H20N4O3/c1-15-10-11-19(29-2)17(13-15)24-20(27)14-25-18-9-6-12-23-21(18)26(22(25)28)16-7-4-3-5-8-16/h3-13H,14H2,1-2H3,(H,24,27). The van der Waals surface area contributed by atoms with E-state index in [1.165, 1.54) is 9.13 Å². The van der Waals surface area contributed by atoms with Gasteiger partial charge in [-0.1, -0.05) is 24.3 Å². The normalized spacial score (nSPS) is 10.8. The van der Waals surface area contributed by atoms with Gasteiger partial charge in [0, 0.05) is 6.20 Å². The van der Waals surface area contributed by atoms with Crippen molar-refractivity contribution in [2.24, 2.45) is 0 Å². The van der Waals surface area contributed by atoms with Crippen molar-refractivity contribution in [3.05, 3.63) is 82.9 Å². The summed E-state index contributed by atoms with van der Waals surface area (Å²) in [5, 5.41) is 2.84. The van der Waals surface area contributed by atoms with Crippen LogP contribution in [-0.2, 0) is 11.3 Å². The summed E-state index contributed by atoms with van der Waals surface area (Å²) in [6.07, 6.45) is 1.63. The number of fused-ring (bicyclic) bond motifs is 1. The smallest absolute Gasteiger partial charge is 0.335 e. The highest BCUT2D eigenvalue weighted by molar-refractivity contribution is 5.93. The highest BCUT2D eigenvalue weighted by atomic mass is 16.5. The Morgan fingerprint density at radius 1 is 1.10 bits per heavy atom. The summed E-state index contributed by atoms with van der Waals surface area (Å²) in [5.41, 5.74) is 3.02. The minimum atomic E-state index is -0.327. The van der Waals surface area contributed by atoms with Gasteiger partial charge in [0.05, 0.1) is 24.0 Å².